The van der Waals surface area contributed by atoms with Crippen LogP contribution in [0.25, 0.3) is 0 Å². The van der Waals surface area contributed by atoms with E-state index in [1.807, 2.05) is 0 Å². The maximum absolute atomic E-state index is 10.1. The summed E-state index contributed by atoms with van der Waals surface area (Å²) in [4.78, 5) is 20.1. The molecule has 0 rings (SSSR count). The molecule has 0 fully saturated rings. The second kappa shape index (κ2) is 23.9. The van der Waals surface area contributed by atoms with Crippen LogP contribution in [0.3, 0.4) is 0 Å². The summed E-state index contributed by atoms with van der Waals surface area (Å²) in [7, 11) is 0. The summed E-state index contributed by atoms with van der Waals surface area (Å²) < 4.78 is 0. The predicted octanol–water partition coefficient (Wildman–Crippen LogP) is 4.24. The van der Waals surface area contributed by atoms with Crippen LogP contribution in [0.1, 0.15) is 118 Å². The Morgan fingerprint density at radius 3 is 1.07 bits per heavy atom. The molecular weight excluding hydrogens is 419 g/mol. The van der Waals surface area contributed by atoms with Crippen LogP contribution in [0.5, 0.6) is 0 Å². The van der Waals surface area contributed by atoms with E-state index in [0.717, 1.165) is 37.5 Å². The SMILES string of the molecule is CC(C)CCCCCCCC(=O)[O-].CC(C)CCCCCCCC(=O)[O-].[Zr+2]. The van der Waals surface area contributed by atoms with Gasteiger partial charge in [0.2, 0.25) is 0 Å². The van der Waals surface area contributed by atoms with Crippen molar-refractivity contribution in [2.24, 2.45) is 11.8 Å². The van der Waals surface area contributed by atoms with Gasteiger partial charge in [0, 0.05) is 11.9 Å². The van der Waals surface area contributed by atoms with Crippen molar-refractivity contribution in [2.45, 2.75) is 118 Å². The van der Waals surface area contributed by atoms with E-state index < -0.39 is 11.9 Å². The Morgan fingerprint density at radius 1 is 0.556 bits per heavy atom. The number of carboxylic acid groups (broad SMARTS) is 2. The number of carbonyl (C=O) groups is 2. The van der Waals surface area contributed by atoms with Gasteiger partial charge in [-0.15, -0.1) is 0 Å². The molecule has 5 heteroatoms. The standard InChI is InChI=1S/2C11H22O2.Zr/c2*1-10(2)8-6-4-3-5-7-9-11(12)13;/h2*10H,3-9H2,1-2H3,(H,12,13);/q;;+2/p-2. The summed E-state index contributed by atoms with van der Waals surface area (Å²) in [6, 6.07) is 0. The molecule has 158 valence electrons. The van der Waals surface area contributed by atoms with Crippen molar-refractivity contribution in [3.63, 3.8) is 0 Å². The number of hydrogen-bond donors (Lipinski definition) is 0. The Morgan fingerprint density at radius 2 is 0.815 bits per heavy atom. The molecule has 0 aliphatic rings. The molecule has 0 aromatic carbocycles. The van der Waals surface area contributed by atoms with Crippen LogP contribution in [0.15, 0.2) is 0 Å². The minimum Gasteiger partial charge on any atom is -0.550 e. The molecule has 0 atom stereocenters. The summed E-state index contributed by atoms with van der Waals surface area (Å²) in [5.74, 6) is -0.240. The van der Waals surface area contributed by atoms with Crippen LogP contribution < -0.4 is 10.2 Å². The van der Waals surface area contributed by atoms with Crippen LogP contribution in [0.2, 0.25) is 0 Å². The van der Waals surface area contributed by atoms with Gasteiger partial charge in [-0.1, -0.05) is 91.9 Å². The smallest absolute Gasteiger partial charge is 0.550 e. The zero-order chi connectivity index (χ0) is 20.2. The third-order valence-corrected chi connectivity index (χ3v) is 4.32. The Balaban J connectivity index is -0.000000411. The van der Waals surface area contributed by atoms with E-state index in [2.05, 4.69) is 27.7 Å². The van der Waals surface area contributed by atoms with Crippen LogP contribution in [0, 0.1) is 11.8 Å². The topological polar surface area (TPSA) is 80.3 Å². The van der Waals surface area contributed by atoms with Gasteiger partial charge >= 0.3 is 26.2 Å². The molecule has 0 amide bonds. The van der Waals surface area contributed by atoms with Crippen LogP contribution in [0.4, 0.5) is 0 Å². The molecule has 0 spiro atoms. The van der Waals surface area contributed by atoms with Crippen molar-refractivity contribution in [2.75, 3.05) is 0 Å². The summed E-state index contributed by atoms with van der Waals surface area (Å²) in [6.45, 7) is 8.93. The fourth-order valence-electron chi connectivity index (χ4n) is 2.70. The molecule has 0 aromatic rings. The molecule has 0 aliphatic carbocycles. The second-order valence-electron chi connectivity index (χ2n) is 8.14. The first-order valence-corrected chi connectivity index (χ1v) is 10.6. The van der Waals surface area contributed by atoms with E-state index in [-0.39, 0.29) is 39.0 Å². The van der Waals surface area contributed by atoms with Crippen molar-refractivity contribution >= 4 is 11.9 Å². The third kappa shape index (κ3) is 37.3. The molecule has 0 aromatic heterocycles. The number of unbranched alkanes of at least 4 members (excludes halogenated alkanes) is 8. The number of carbonyl (C=O) groups excluding carboxylic acids is 2. The number of aliphatic carboxylic acids is 2. The van der Waals surface area contributed by atoms with Gasteiger partial charge in [-0.05, 0) is 37.5 Å². The normalized spacial score (nSPS) is 10.3. The maximum atomic E-state index is 10.1. The Labute approximate surface area is 187 Å². The zero-order valence-corrected chi connectivity index (χ0v) is 20.6. The monoisotopic (exact) mass is 460 g/mol. The first-order valence-electron chi connectivity index (χ1n) is 10.6. The molecular formula is C22H42O4Zr. The van der Waals surface area contributed by atoms with E-state index in [1.165, 1.54) is 51.4 Å². The first kappa shape index (κ1) is 31.5. The van der Waals surface area contributed by atoms with E-state index in [1.54, 1.807) is 0 Å². The van der Waals surface area contributed by atoms with Gasteiger partial charge in [-0.3, -0.25) is 0 Å². The fourth-order valence-corrected chi connectivity index (χ4v) is 2.70. The molecule has 0 aliphatic heterocycles. The molecule has 0 N–H and O–H groups in total. The van der Waals surface area contributed by atoms with Gasteiger partial charge in [0.15, 0.2) is 0 Å². The molecule has 0 bridgehead atoms. The van der Waals surface area contributed by atoms with Gasteiger partial charge in [0.1, 0.15) is 0 Å². The van der Waals surface area contributed by atoms with E-state index in [9.17, 15) is 19.8 Å². The Bertz CT molecular complexity index is 298. The van der Waals surface area contributed by atoms with Gasteiger partial charge in [0.05, 0.1) is 0 Å². The Kier molecular flexibility index (Phi) is 27.9. The number of carboxylic acids is 2. The van der Waals surface area contributed by atoms with Gasteiger partial charge in [-0.2, -0.15) is 0 Å². The van der Waals surface area contributed by atoms with Gasteiger partial charge in [-0.25, -0.2) is 0 Å². The van der Waals surface area contributed by atoms with E-state index >= 15 is 0 Å². The first-order chi connectivity index (χ1) is 12.3. The molecule has 0 radical (unpaired) electrons. The summed E-state index contributed by atoms with van der Waals surface area (Å²) in [5.41, 5.74) is 0. The van der Waals surface area contributed by atoms with Gasteiger partial charge < -0.3 is 19.8 Å². The van der Waals surface area contributed by atoms with Gasteiger partial charge in [0.25, 0.3) is 0 Å². The Hall–Kier alpha value is -0.177. The summed E-state index contributed by atoms with van der Waals surface area (Å²) in [5, 5.41) is 20.1. The molecule has 0 heterocycles. The molecule has 4 nitrogen and oxygen atoms in total. The number of rotatable bonds is 16. The zero-order valence-electron chi connectivity index (χ0n) is 18.2. The second-order valence-corrected chi connectivity index (χ2v) is 8.14. The molecule has 27 heavy (non-hydrogen) atoms. The quantitative estimate of drug-likeness (QED) is 0.322. The van der Waals surface area contributed by atoms with Crippen molar-refractivity contribution in [3.8, 4) is 0 Å². The summed E-state index contributed by atoms with van der Waals surface area (Å²) in [6.07, 6.45) is 14.0. The van der Waals surface area contributed by atoms with Crippen molar-refractivity contribution in [3.05, 3.63) is 0 Å². The van der Waals surface area contributed by atoms with Crippen molar-refractivity contribution in [1.82, 2.24) is 0 Å². The molecule has 0 saturated heterocycles. The predicted molar refractivity (Wildman–Crippen MR) is 104 cm³/mol. The summed E-state index contributed by atoms with van der Waals surface area (Å²) >= 11 is 0. The fraction of sp³-hybridized carbons (Fsp3) is 0.909. The van der Waals surface area contributed by atoms with Crippen LogP contribution >= 0.6 is 0 Å². The average molecular weight is 462 g/mol. The molecule has 0 saturated carbocycles. The van der Waals surface area contributed by atoms with Crippen LogP contribution in [-0.4, -0.2) is 11.9 Å². The maximum Gasteiger partial charge on any atom is 2.00 e. The molecule has 0 unspecified atom stereocenters. The minimum atomic E-state index is -0.915. The number of hydrogen-bond acceptors (Lipinski definition) is 4. The van der Waals surface area contributed by atoms with Crippen molar-refractivity contribution in [1.29, 1.82) is 0 Å². The van der Waals surface area contributed by atoms with Crippen molar-refractivity contribution < 1.29 is 46.0 Å². The average Bonchev–Trinajstić information content (AvgIpc) is 2.52. The van der Waals surface area contributed by atoms with E-state index in [4.69, 9.17) is 0 Å². The largest absolute Gasteiger partial charge is 2.00 e. The van der Waals surface area contributed by atoms with Crippen LogP contribution in [-0.2, 0) is 35.8 Å². The van der Waals surface area contributed by atoms with E-state index in [0.29, 0.717) is 0 Å². The minimum absolute atomic E-state index is 0. The third-order valence-electron chi connectivity index (χ3n) is 4.32.